The van der Waals surface area contributed by atoms with E-state index in [1.54, 1.807) is 16.7 Å². The lowest BCUT2D eigenvalue weighted by Gasteiger charge is -2.12. The third-order valence-corrected chi connectivity index (χ3v) is 6.63. The predicted molar refractivity (Wildman–Crippen MR) is 127 cm³/mol. The molecule has 0 spiro atoms. The van der Waals surface area contributed by atoms with Crippen molar-refractivity contribution >= 4 is 33.6 Å². The average molecular weight is 457 g/mol. The molecule has 2 aromatic carbocycles. The molecule has 170 valence electrons. The van der Waals surface area contributed by atoms with Gasteiger partial charge < -0.3 is 20.4 Å². The topological polar surface area (TPSA) is 130 Å². The molecule has 6 rings (SSSR count). The number of nitrogens with one attached hydrogen (secondary N) is 2. The molecule has 0 radical (unpaired) electrons. The van der Waals surface area contributed by atoms with Gasteiger partial charge in [0, 0.05) is 40.2 Å². The summed E-state index contributed by atoms with van der Waals surface area (Å²) in [4.78, 5) is 28.0. The first-order valence-corrected chi connectivity index (χ1v) is 10.9. The lowest BCUT2D eigenvalue weighted by molar-refractivity contribution is 0.0687. The molecule has 0 bridgehead atoms. The summed E-state index contributed by atoms with van der Waals surface area (Å²) in [6.45, 7) is 0.0413. The Kier molecular flexibility index (Phi) is 4.35. The van der Waals surface area contributed by atoms with Gasteiger partial charge in [-0.3, -0.25) is 9.89 Å². The van der Waals surface area contributed by atoms with Crippen LogP contribution in [0.15, 0.2) is 47.4 Å². The second kappa shape index (κ2) is 7.31. The van der Waals surface area contributed by atoms with Gasteiger partial charge in [0.15, 0.2) is 5.82 Å². The Hall–Kier alpha value is -4.40. The number of carboxylic acid groups (broad SMARTS) is 1. The number of H-pyrrole nitrogens is 2. The number of hydrogen-bond acceptors (Lipinski definition) is 4. The number of aromatic nitrogens is 4. The van der Waals surface area contributed by atoms with Crippen LogP contribution in [0.3, 0.4) is 0 Å². The van der Waals surface area contributed by atoms with E-state index in [1.807, 2.05) is 12.1 Å². The second-order valence-electron chi connectivity index (χ2n) is 8.62. The van der Waals surface area contributed by atoms with Crippen LogP contribution in [0.4, 0.5) is 10.2 Å². The van der Waals surface area contributed by atoms with E-state index in [9.17, 15) is 19.1 Å². The van der Waals surface area contributed by atoms with Crippen LogP contribution in [0.1, 0.15) is 33.6 Å². The predicted octanol–water partition coefficient (Wildman–Crippen LogP) is 3.83. The van der Waals surface area contributed by atoms with Gasteiger partial charge in [0.2, 0.25) is 0 Å². The van der Waals surface area contributed by atoms with Gasteiger partial charge >= 0.3 is 5.97 Å². The number of aromatic carboxylic acids is 1. The zero-order valence-electron chi connectivity index (χ0n) is 18.0. The highest BCUT2D eigenvalue weighted by Crippen LogP contribution is 2.38. The number of hydrogen-bond donors (Lipinski definition) is 4. The van der Waals surface area contributed by atoms with Crippen molar-refractivity contribution in [3.8, 4) is 11.1 Å². The largest absolute Gasteiger partial charge is 0.477 e. The Morgan fingerprint density at radius 1 is 1.21 bits per heavy atom. The molecule has 3 heterocycles. The monoisotopic (exact) mass is 457 g/mol. The summed E-state index contributed by atoms with van der Waals surface area (Å²) < 4.78 is 16.1. The molecular formula is C25H20FN5O3. The van der Waals surface area contributed by atoms with Crippen molar-refractivity contribution in [2.24, 2.45) is 0 Å². The van der Waals surface area contributed by atoms with E-state index in [0.29, 0.717) is 32.9 Å². The normalized spacial score (nSPS) is 13.1. The number of carbonyl (C=O) groups is 1. The number of aryl methyl sites for hydroxylation is 2. The molecule has 5 N–H and O–H groups in total. The van der Waals surface area contributed by atoms with Crippen LogP contribution in [0.2, 0.25) is 0 Å². The van der Waals surface area contributed by atoms with Gasteiger partial charge in [-0.15, -0.1) is 0 Å². The van der Waals surface area contributed by atoms with E-state index in [2.05, 4.69) is 15.2 Å². The summed E-state index contributed by atoms with van der Waals surface area (Å²) >= 11 is 0. The maximum atomic E-state index is 14.4. The third kappa shape index (κ3) is 2.93. The Morgan fingerprint density at radius 2 is 2.00 bits per heavy atom. The maximum absolute atomic E-state index is 14.4. The molecule has 0 fully saturated rings. The first-order valence-electron chi connectivity index (χ1n) is 10.9. The molecule has 8 nitrogen and oxygen atoms in total. The van der Waals surface area contributed by atoms with Crippen molar-refractivity contribution in [3.63, 3.8) is 0 Å². The molecule has 1 aliphatic carbocycles. The van der Waals surface area contributed by atoms with Crippen LogP contribution in [0, 0.1) is 5.82 Å². The Labute approximate surface area is 191 Å². The minimum absolute atomic E-state index is 0.0325. The summed E-state index contributed by atoms with van der Waals surface area (Å²) in [5.41, 5.74) is 10.2. The summed E-state index contributed by atoms with van der Waals surface area (Å²) in [6.07, 6.45) is 4.33. The number of carboxylic acids is 1. The average Bonchev–Trinajstić information content (AvgIpc) is 3.49. The van der Waals surface area contributed by atoms with Crippen molar-refractivity contribution in [1.82, 2.24) is 19.7 Å². The molecule has 5 aromatic rings. The maximum Gasteiger partial charge on any atom is 0.353 e. The minimum Gasteiger partial charge on any atom is -0.477 e. The second-order valence-corrected chi connectivity index (χ2v) is 8.62. The van der Waals surface area contributed by atoms with Crippen LogP contribution >= 0.6 is 0 Å². The van der Waals surface area contributed by atoms with Gasteiger partial charge in [0.05, 0.1) is 5.52 Å². The smallest absolute Gasteiger partial charge is 0.353 e. The number of pyridine rings is 1. The number of rotatable bonds is 4. The number of nitrogens with zero attached hydrogens (tertiary/aromatic N) is 2. The van der Waals surface area contributed by atoms with Crippen LogP contribution < -0.4 is 11.3 Å². The number of nitrogen functional groups attached to an aromatic ring is 1. The summed E-state index contributed by atoms with van der Waals surface area (Å²) in [5, 5.41) is 18.2. The number of nitrogens with two attached hydrogens (primary N) is 1. The van der Waals surface area contributed by atoms with Gasteiger partial charge in [-0.25, -0.2) is 9.18 Å². The SMILES string of the molecule is Nc1n[nH]c2cc(F)cc(Cn3c(C(=O)O)c(-c4ccc[nH]c4=O)c4cc5c(cc43)CCC5)c12. The van der Waals surface area contributed by atoms with Gasteiger partial charge in [-0.2, -0.15) is 5.10 Å². The molecule has 0 unspecified atom stereocenters. The van der Waals surface area contributed by atoms with Gasteiger partial charge in [-0.1, -0.05) is 0 Å². The van der Waals surface area contributed by atoms with Gasteiger partial charge in [0.25, 0.3) is 5.56 Å². The van der Waals surface area contributed by atoms with Crippen molar-refractivity contribution in [1.29, 1.82) is 0 Å². The third-order valence-electron chi connectivity index (χ3n) is 6.63. The van der Waals surface area contributed by atoms with Crippen LogP contribution in [0.25, 0.3) is 32.9 Å². The highest BCUT2D eigenvalue weighted by Gasteiger charge is 2.27. The zero-order valence-corrected chi connectivity index (χ0v) is 18.0. The van der Waals surface area contributed by atoms with Crippen molar-refractivity contribution in [3.05, 3.63) is 81.2 Å². The van der Waals surface area contributed by atoms with E-state index < -0.39 is 11.8 Å². The highest BCUT2D eigenvalue weighted by atomic mass is 19.1. The summed E-state index contributed by atoms with van der Waals surface area (Å²) in [6, 6.07) is 9.92. The molecular weight excluding hydrogens is 437 g/mol. The number of anilines is 1. The number of benzene rings is 2. The van der Waals surface area contributed by atoms with Crippen molar-refractivity contribution in [2.45, 2.75) is 25.8 Å². The van der Waals surface area contributed by atoms with E-state index in [-0.39, 0.29) is 29.2 Å². The molecule has 3 aromatic heterocycles. The van der Waals surface area contributed by atoms with E-state index in [0.717, 1.165) is 30.4 Å². The Balaban J connectivity index is 1.71. The zero-order chi connectivity index (χ0) is 23.6. The molecule has 0 aliphatic heterocycles. The fraction of sp³-hybridized carbons (Fsp3) is 0.160. The number of aromatic amines is 2. The minimum atomic E-state index is -1.18. The fourth-order valence-electron chi connectivity index (χ4n) is 5.22. The highest BCUT2D eigenvalue weighted by molar-refractivity contribution is 6.08. The van der Waals surface area contributed by atoms with Gasteiger partial charge in [0.1, 0.15) is 11.5 Å². The van der Waals surface area contributed by atoms with Gasteiger partial charge in [-0.05, 0) is 72.4 Å². The molecule has 0 amide bonds. The lowest BCUT2D eigenvalue weighted by atomic mass is 10.00. The molecule has 0 saturated carbocycles. The van der Waals surface area contributed by atoms with E-state index in [4.69, 9.17) is 5.73 Å². The van der Waals surface area contributed by atoms with Crippen LogP contribution in [-0.4, -0.2) is 30.8 Å². The molecule has 1 aliphatic rings. The van der Waals surface area contributed by atoms with Crippen molar-refractivity contribution in [2.75, 3.05) is 5.73 Å². The van der Waals surface area contributed by atoms with E-state index in [1.165, 1.54) is 18.3 Å². The fourth-order valence-corrected chi connectivity index (χ4v) is 5.22. The molecule has 9 heteroatoms. The molecule has 0 atom stereocenters. The van der Waals surface area contributed by atoms with Crippen LogP contribution in [-0.2, 0) is 19.4 Å². The molecule has 0 saturated heterocycles. The van der Waals surface area contributed by atoms with E-state index >= 15 is 0 Å². The Bertz CT molecular complexity index is 1690. The molecule has 34 heavy (non-hydrogen) atoms. The quantitative estimate of drug-likeness (QED) is 0.326. The first kappa shape index (κ1) is 20.2. The van der Waals surface area contributed by atoms with Crippen molar-refractivity contribution < 1.29 is 14.3 Å². The Morgan fingerprint density at radius 3 is 2.76 bits per heavy atom. The first-order chi connectivity index (χ1) is 16.4. The lowest BCUT2D eigenvalue weighted by Crippen LogP contribution is -2.14. The summed E-state index contributed by atoms with van der Waals surface area (Å²) in [7, 11) is 0. The van der Waals surface area contributed by atoms with Crippen LogP contribution in [0.5, 0.6) is 0 Å². The summed E-state index contributed by atoms with van der Waals surface area (Å²) in [5.74, 6) is -1.46. The number of fused-ring (bicyclic) bond motifs is 3. The number of halogens is 1. The standard InChI is InChI=1S/C25H20FN5O3/c26-15-7-14(20-18(10-15)29-30-23(20)27)11-31-19-9-13-4-1-3-12(13)8-17(19)21(22(31)25(33)34)16-5-2-6-28-24(16)32/h2,5-10H,1,3-4,11H2,(H,28,32)(H,33,34)(H3,27,29,30).